The van der Waals surface area contributed by atoms with Gasteiger partial charge in [0.15, 0.2) is 0 Å². The highest BCUT2D eigenvalue weighted by Gasteiger charge is 2.14. The molecule has 0 aliphatic rings. The lowest BCUT2D eigenvalue weighted by atomic mass is 10.0. The zero-order valence-corrected chi connectivity index (χ0v) is 9.24. The molecule has 0 spiro atoms. The molecule has 15 heavy (non-hydrogen) atoms. The van der Waals surface area contributed by atoms with E-state index in [0.29, 0.717) is 12.8 Å². The topological polar surface area (TPSA) is 93.8 Å². The summed E-state index contributed by atoms with van der Waals surface area (Å²) in [4.78, 5) is 25.6. The van der Waals surface area contributed by atoms with Crippen LogP contribution in [0.5, 0.6) is 0 Å². The first-order valence-electron chi connectivity index (χ1n) is 4.82. The summed E-state index contributed by atoms with van der Waals surface area (Å²) in [7, 11) is 1.39. The molecular weight excluding hydrogens is 198 g/mol. The third-order valence-electron chi connectivity index (χ3n) is 1.96. The summed E-state index contributed by atoms with van der Waals surface area (Å²) >= 11 is 0. The first-order chi connectivity index (χ1) is 7.04. The first-order valence-corrected chi connectivity index (χ1v) is 4.82. The second-order valence-electron chi connectivity index (χ2n) is 2.94. The van der Waals surface area contributed by atoms with Crippen LogP contribution >= 0.6 is 0 Å². The van der Waals surface area contributed by atoms with Crippen molar-refractivity contribution in [2.24, 2.45) is 16.6 Å². The molecule has 86 valence electrons. The molecule has 0 atom stereocenters. The second-order valence-corrected chi connectivity index (χ2v) is 2.94. The van der Waals surface area contributed by atoms with Crippen molar-refractivity contribution in [1.82, 2.24) is 5.32 Å². The van der Waals surface area contributed by atoms with Gasteiger partial charge in [-0.1, -0.05) is 13.8 Å². The standard InChI is InChI=1S/C9H17N3O3/c1-4-6(5-2)7(13)12-8(10)15-9(14)11-3/h6H,4-5H2,1-3H3,(H,11,14)(H2,10,12,13). The Hall–Kier alpha value is -1.59. The van der Waals surface area contributed by atoms with Crippen molar-refractivity contribution in [1.29, 1.82) is 0 Å². The highest BCUT2D eigenvalue weighted by Crippen LogP contribution is 2.09. The Morgan fingerprint density at radius 1 is 1.40 bits per heavy atom. The fourth-order valence-corrected chi connectivity index (χ4v) is 1.01. The number of nitrogens with two attached hydrogens (primary N) is 1. The average Bonchev–Trinajstić information content (AvgIpc) is 2.19. The van der Waals surface area contributed by atoms with Gasteiger partial charge in [-0.05, 0) is 12.8 Å². The van der Waals surface area contributed by atoms with Crippen LogP contribution in [0, 0.1) is 5.92 Å². The molecular formula is C9H17N3O3. The van der Waals surface area contributed by atoms with Crippen LogP contribution in [0.1, 0.15) is 26.7 Å². The second kappa shape index (κ2) is 6.80. The molecule has 0 heterocycles. The van der Waals surface area contributed by atoms with Crippen LogP contribution in [0.4, 0.5) is 4.79 Å². The van der Waals surface area contributed by atoms with Gasteiger partial charge in [0.25, 0.3) is 11.9 Å². The number of carbonyl (C=O) groups is 2. The number of hydrogen-bond donors (Lipinski definition) is 2. The van der Waals surface area contributed by atoms with Gasteiger partial charge in [0.05, 0.1) is 0 Å². The lowest BCUT2D eigenvalue weighted by molar-refractivity contribution is -0.121. The van der Waals surface area contributed by atoms with Crippen molar-refractivity contribution in [3.05, 3.63) is 0 Å². The lowest BCUT2D eigenvalue weighted by Gasteiger charge is -2.07. The summed E-state index contributed by atoms with van der Waals surface area (Å²) in [6, 6.07) is -0.425. The molecule has 0 saturated heterocycles. The Morgan fingerprint density at radius 2 is 1.93 bits per heavy atom. The molecule has 0 aliphatic heterocycles. The zero-order valence-electron chi connectivity index (χ0n) is 9.24. The van der Waals surface area contributed by atoms with E-state index in [1.54, 1.807) is 0 Å². The predicted molar refractivity (Wildman–Crippen MR) is 56.2 cm³/mol. The Morgan fingerprint density at radius 3 is 2.33 bits per heavy atom. The SMILES string of the molecule is CCC(CC)C(=O)N=C(N)OC(=O)NC. The average molecular weight is 215 g/mol. The molecule has 0 rings (SSSR count). The molecule has 0 aromatic rings. The summed E-state index contributed by atoms with van der Waals surface area (Å²) in [5, 5.41) is 2.19. The monoisotopic (exact) mass is 215 g/mol. The van der Waals surface area contributed by atoms with E-state index >= 15 is 0 Å². The van der Waals surface area contributed by atoms with E-state index in [1.165, 1.54) is 7.05 Å². The number of amides is 2. The van der Waals surface area contributed by atoms with Gasteiger partial charge in [0, 0.05) is 13.0 Å². The van der Waals surface area contributed by atoms with Gasteiger partial charge in [0.2, 0.25) is 0 Å². The number of alkyl carbamates (subject to hydrolysis) is 1. The van der Waals surface area contributed by atoms with E-state index < -0.39 is 12.1 Å². The third kappa shape index (κ3) is 4.99. The number of carbonyl (C=O) groups excluding carboxylic acids is 2. The predicted octanol–water partition coefficient (Wildman–Crippen LogP) is 0.620. The van der Waals surface area contributed by atoms with Crippen molar-refractivity contribution in [3.8, 4) is 0 Å². The number of aliphatic imine (C=N–C) groups is 1. The number of amidine groups is 1. The third-order valence-corrected chi connectivity index (χ3v) is 1.96. The molecule has 0 aliphatic carbocycles. The molecule has 0 bridgehead atoms. The van der Waals surface area contributed by atoms with Crippen molar-refractivity contribution in [2.75, 3.05) is 7.05 Å². The van der Waals surface area contributed by atoms with Crippen molar-refractivity contribution < 1.29 is 14.3 Å². The smallest absolute Gasteiger partial charge is 0.376 e. The van der Waals surface area contributed by atoms with E-state index in [4.69, 9.17) is 5.73 Å². The minimum absolute atomic E-state index is 0.170. The normalized spacial score (nSPS) is 11.3. The summed E-state index contributed by atoms with van der Waals surface area (Å²) < 4.78 is 4.47. The summed E-state index contributed by atoms with van der Waals surface area (Å²) in [5.41, 5.74) is 5.24. The molecule has 0 aromatic heterocycles. The van der Waals surface area contributed by atoms with Gasteiger partial charge in [-0.3, -0.25) is 4.79 Å². The van der Waals surface area contributed by atoms with E-state index in [9.17, 15) is 9.59 Å². The van der Waals surface area contributed by atoms with Gasteiger partial charge < -0.3 is 15.8 Å². The van der Waals surface area contributed by atoms with Crippen LogP contribution in [0.15, 0.2) is 4.99 Å². The number of rotatable bonds is 3. The summed E-state index contributed by atoms with van der Waals surface area (Å²) in [6.45, 7) is 3.77. The van der Waals surface area contributed by atoms with Crippen LogP contribution < -0.4 is 11.1 Å². The van der Waals surface area contributed by atoms with Crippen molar-refractivity contribution >= 4 is 18.0 Å². The van der Waals surface area contributed by atoms with Gasteiger partial charge in [0.1, 0.15) is 0 Å². The van der Waals surface area contributed by atoms with E-state index in [1.807, 2.05) is 13.8 Å². The number of nitrogens with zero attached hydrogens (tertiary/aromatic N) is 1. The van der Waals surface area contributed by atoms with Gasteiger partial charge in [-0.15, -0.1) is 0 Å². The largest absolute Gasteiger partial charge is 0.414 e. The Kier molecular flexibility index (Phi) is 6.08. The Bertz CT molecular complexity index is 259. The highest BCUT2D eigenvalue weighted by molar-refractivity contribution is 5.94. The highest BCUT2D eigenvalue weighted by atomic mass is 16.6. The van der Waals surface area contributed by atoms with Crippen LogP contribution in [-0.4, -0.2) is 25.1 Å². The fourth-order valence-electron chi connectivity index (χ4n) is 1.01. The van der Waals surface area contributed by atoms with E-state index in [2.05, 4.69) is 15.0 Å². The van der Waals surface area contributed by atoms with Crippen molar-refractivity contribution in [3.63, 3.8) is 0 Å². The Balaban J connectivity index is 4.34. The van der Waals surface area contributed by atoms with Gasteiger partial charge >= 0.3 is 6.09 Å². The molecule has 0 saturated carbocycles. The number of hydrogen-bond acceptors (Lipinski definition) is 3. The molecule has 0 aromatic carbocycles. The number of nitrogens with one attached hydrogen (secondary N) is 1. The molecule has 6 nitrogen and oxygen atoms in total. The maximum absolute atomic E-state index is 11.4. The zero-order chi connectivity index (χ0) is 11.8. The minimum Gasteiger partial charge on any atom is -0.376 e. The van der Waals surface area contributed by atoms with Crippen LogP contribution in [-0.2, 0) is 9.53 Å². The maximum atomic E-state index is 11.4. The fraction of sp³-hybridized carbons (Fsp3) is 0.667. The maximum Gasteiger partial charge on any atom is 0.414 e. The summed E-state index contributed by atoms with van der Waals surface area (Å²) in [5.74, 6) is -0.529. The lowest BCUT2D eigenvalue weighted by Crippen LogP contribution is -2.29. The molecule has 0 radical (unpaired) electrons. The van der Waals surface area contributed by atoms with Gasteiger partial charge in [-0.2, -0.15) is 4.99 Å². The Labute approximate surface area is 88.9 Å². The first kappa shape index (κ1) is 13.4. The van der Waals surface area contributed by atoms with Crippen LogP contribution in [0.25, 0.3) is 0 Å². The van der Waals surface area contributed by atoms with Crippen LogP contribution in [0.2, 0.25) is 0 Å². The van der Waals surface area contributed by atoms with Crippen molar-refractivity contribution in [2.45, 2.75) is 26.7 Å². The molecule has 2 amide bonds. The van der Waals surface area contributed by atoms with Crippen LogP contribution in [0.3, 0.4) is 0 Å². The van der Waals surface area contributed by atoms with E-state index in [0.717, 1.165) is 0 Å². The number of ether oxygens (including phenoxy) is 1. The minimum atomic E-state index is -0.742. The molecule has 0 fully saturated rings. The van der Waals surface area contributed by atoms with Gasteiger partial charge in [-0.25, -0.2) is 4.79 Å². The molecule has 0 unspecified atom stereocenters. The molecule has 6 heteroatoms. The molecule has 3 N–H and O–H groups in total. The summed E-state index contributed by atoms with van der Waals surface area (Å²) in [6.07, 6.45) is 0.631. The quantitative estimate of drug-likeness (QED) is 0.533. The van der Waals surface area contributed by atoms with E-state index in [-0.39, 0.29) is 11.8 Å².